The fourth-order valence-electron chi connectivity index (χ4n) is 8.47. The average Bonchev–Trinajstić information content (AvgIpc) is 2.97. The number of ketones is 1. The first-order valence-corrected chi connectivity index (χ1v) is 16.6. The number of rotatable bonds is 13. The lowest BCUT2D eigenvalue weighted by Crippen LogP contribution is -2.32. The van der Waals surface area contributed by atoms with E-state index in [4.69, 9.17) is 4.74 Å². The lowest BCUT2D eigenvalue weighted by molar-refractivity contribution is -0.154. The van der Waals surface area contributed by atoms with Crippen LogP contribution in [0, 0.1) is 47.3 Å². The second kappa shape index (κ2) is 15.5. The van der Waals surface area contributed by atoms with Crippen LogP contribution in [0.1, 0.15) is 123 Å². The minimum absolute atomic E-state index is 0.0131. The lowest BCUT2D eigenvalue weighted by atomic mass is 9.62. The molecule has 0 spiro atoms. The van der Waals surface area contributed by atoms with E-state index in [1.54, 1.807) is 5.57 Å². The highest BCUT2D eigenvalue weighted by atomic mass is 16.5. The molecule has 0 bridgehead atoms. The Labute approximate surface area is 238 Å². The molecule has 4 aliphatic rings. The van der Waals surface area contributed by atoms with Gasteiger partial charge in [0.2, 0.25) is 5.78 Å². The zero-order chi connectivity index (χ0) is 27.6. The Morgan fingerprint density at radius 3 is 2.18 bits per heavy atom. The van der Waals surface area contributed by atoms with E-state index in [2.05, 4.69) is 25.2 Å². The third kappa shape index (κ3) is 9.03. The maximum Gasteiger partial charge on any atom is 0.374 e. The number of fused-ring (bicyclic) bond motifs is 1. The average molecular weight is 541 g/mol. The number of hydrogen-bond donors (Lipinski definition) is 1. The molecule has 0 aromatic carbocycles. The summed E-state index contributed by atoms with van der Waals surface area (Å²) in [7, 11) is 0. The Kier molecular flexibility index (Phi) is 12.2. The van der Waals surface area contributed by atoms with Gasteiger partial charge in [-0.25, -0.2) is 4.79 Å². The molecule has 4 aliphatic carbocycles. The van der Waals surface area contributed by atoms with E-state index >= 15 is 0 Å². The van der Waals surface area contributed by atoms with Crippen LogP contribution in [-0.4, -0.2) is 30.1 Å². The Morgan fingerprint density at radius 2 is 1.54 bits per heavy atom. The summed E-state index contributed by atoms with van der Waals surface area (Å²) in [4.78, 5) is 22.5. The third-order valence-corrected chi connectivity index (χ3v) is 11.1. The Bertz CT molecular complexity index is 828. The molecule has 4 rings (SSSR count). The van der Waals surface area contributed by atoms with E-state index in [9.17, 15) is 14.7 Å². The lowest BCUT2D eigenvalue weighted by Gasteiger charge is -2.43. The molecule has 0 aliphatic heterocycles. The molecule has 39 heavy (non-hydrogen) atoms. The quantitative estimate of drug-likeness (QED) is 0.145. The van der Waals surface area contributed by atoms with Gasteiger partial charge in [-0.2, -0.15) is 0 Å². The molecule has 0 aromatic rings. The van der Waals surface area contributed by atoms with Crippen molar-refractivity contribution in [1.29, 1.82) is 0 Å². The van der Waals surface area contributed by atoms with Crippen molar-refractivity contribution in [1.82, 2.24) is 0 Å². The van der Waals surface area contributed by atoms with Crippen molar-refractivity contribution in [2.24, 2.45) is 47.3 Å². The van der Waals surface area contributed by atoms with E-state index in [1.807, 2.05) is 0 Å². The Balaban J connectivity index is 1.12. The van der Waals surface area contributed by atoms with Gasteiger partial charge in [-0.3, -0.25) is 4.79 Å². The van der Waals surface area contributed by atoms with Crippen molar-refractivity contribution in [2.45, 2.75) is 123 Å². The molecule has 0 aromatic heterocycles. The SMILES string of the molecule is CCCCCC1=CC2CCC(C3CCC(C4CCC(CCC(CO)COC(=O)C(C)=O)CC4)CC3)CC2C=C1. The molecule has 0 radical (unpaired) electrons. The number of carbonyl (C=O) groups is 2. The fourth-order valence-corrected chi connectivity index (χ4v) is 8.47. The van der Waals surface area contributed by atoms with Gasteiger partial charge in [0.1, 0.15) is 0 Å². The summed E-state index contributed by atoms with van der Waals surface area (Å²) in [5.74, 6) is 4.73. The van der Waals surface area contributed by atoms with Crippen LogP contribution in [0.25, 0.3) is 0 Å². The predicted octanol–water partition coefficient (Wildman–Crippen LogP) is 8.23. The minimum atomic E-state index is -0.786. The van der Waals surface area contributed by atoms with E-state index in [0.717, 1.165) is 54.3 Å². The van der Waals surface area contributed by atoms with Gasteiger partial charge in [-0.15, -0.1) is 0 Å². The van der Waals surface area contributed by atoms with Crippen LogP contribution in [0.4, 0.5) is 0 Å². The number of aliphatic hydroxyl groups excluding tert-OH is 1. The van der Waals surface area contributed by atoms with Crippen molar-refractivity contribution in [3.05, 3.63) is 23.8 Å². The van der Waals surface area contributed by atoms with Crippen molar-refractivity contribution in [3.63, 3.8) is 0 Å². The molecule has 3 fully saturated rings. The molecule has 4 heteroatoms. The Hall–Kier alpha value is -1.42. The molecule has 4 atom stereocenters. The summed E-state index contributed by atoms with van der Waals surface area (Å²) in [5.41, 5.74) is 1.61. The predicted molar refractivity (Wildman–Crippen MR) is 158 cm³/mol. The number of allylic oxidation sites excluding steroid dienone is 4. The molecular formula is C35H56O4. The van der Waals surface area contributed by atoms with Crippen LogP contribution in [0.5, 0.6) is 0 Å². The van der Waals surface area contributed by atoms with Gasteiger partial charge in [-0.1, -0.05) is 56.4 Å². The summed E-state index contributed by atoms with van der Waals surface area (Å²) in [6.45, 7) is 3.69. The van der Waals surface area contributed by atoms with Crippen LogP contribution >= 0.6 is 0 Å². The molecule has 1 N–H and O–H groups in total. The molecular weight excluding hydrogens is 484 g/mol. The number of Topliss-reactive ketones (excluding diaryl/α,β-unsaturated/α-hetero) is 1. The summed E-state index contributed by atoms with van der Waals surface area (Å²) >= 11 is 0. The monoisotopic (exact) mass is 540 g/mol. The summed E-state index contributed by atoms with van der Waals surface area (Å²) in [6, 6.07) is 0. The van der Waals surface area contributed by atoms with Crippen molar-refractivity contribution in [3.8, 4) is 0 Å². The van der Waals surface area contributed by atoms with E-state index in [0.29, 0.717) is 0 Å². The van der Waals surface area contributed by atoms with Crippen LogP contribution < -0.4 is 0 Å². The highest BCUT2D eigenvalue weighted by molar-refractivity contribution is 6.32. The smallest absolute Gasteiger partial charge is 0.374 e. The Morgan fingerprint density at radius 1 is 0.897 bits per heavy atom. The van der Waals surface area contributed by atoms with Crippen LogP contribution in [0.2, 0.25) is 0 Å². The molecule has 4 nitrogen and oxygen atoms in total. The maximum absolute atomic E-state index is 11.4. The number of unbranched alkanes of at least 4 members (excludes halogenated alkanes) is 2. The second-order valence-electron chi connectivity index (χ2n) is 13.7. The number of carbonyl (C=O) groups excluding carboxylic acids is 2. The van der Waals surface area contributed by atoms with E-state index in [1.165, 1.54) is 103 Å². The van der Waals surface area contributed by atoms with Gasteiger partial charge in [0.25, 0.3) is 0 Å². The van der Waals surface area contributed by atoms with Gasteiger partial charge < -0.3 is 9.84 Å². The molecule has 0 heterocycles. The normalized spacial score (nSPS) is 33.6. The highest BCUT2D eigenvalue weighted by Gasteiger charge is 2.37. The first kappa shape index (κ1) is 30.5. The molecule has 0 amide bonds. The summed E-state index contributed by atoms with van der Waals surface area (Å²) in [5, 5.41) is 9.66. The fraction of sp³-hybridized carbons (Fsp3) is 0.829. The number of hydrogen-bond acceptors (Lipinski definition) is 4. The van der Waals surface area contributed by atoms with E-state index < -0.39 is 11.8 Å². The first-order valence-electron chi connectivity index (χ1n) is 16.6. The van der Waals surface area contributed by atoms with Gasteiger partial charge in [-0.05, 0) is 125 Å². The van der Waals surface area contributed by atoms with E-state index in [-0.39, 0.29) is 19.1 Å². The van der Waals surface area contributed by atoms with Gasteiger partial charge in [0.05, 0.1) is 6.61 Å². The first-order chi connectivity index (χ1) is 19.0. The molecule has 0 saturated heterocycles. The zero-order valence-electron chi connectivity index (χ0n) is 25.0. The number of aliphatic hydroxyl groups is 1. The van der Waals surface area contributed by atoms with Gasteiger partial charge in [0.15, 0.2) is 0 Å². The van der Waals surface area contributed by atoms with Crippen molar-refractivity contribution < 1.29 is 19.4 Å². The summed E-state index contributed by atoms with van der Waals surface area (Å²) < 4.78 is 5.04. The molecule has 220 valence electrons. The van der Waals surface area contributed by atoms with Gasteiger partial charge >= 0.3 is 5.97 Å². The van der Waals surface area contributed by atoms with Crippen LogP contribution in [-0.2, 0) is 14.3 Å². The summed E-state index contributed by atoms with van der Waals surface area (Å²) in [6.07, 6.45) is 30.5. The van der Waals surface area contributed by atoms with Crippen LogP contribution in [0.3, 0.4) is 0 Å². The standard InChI is InChI=1S/C35H56O4/c1-3-4-5-6-27-11-14-34-22-33(20-19-32(34)21-27)31-17-15-30(16-18-31)29-12-9-26(10-13-29)7-8-28(23-36)24-39-35(38)25(2)37/h11,14,21,26,28-34,36H,3-10,12-13,15-20,22-24H2,1-2H3. The minimum Gasteiger partial charge on any atom is -0.460 e. The number of esters is 1. The third-order valence-electron chi connectivity index (χ3n) is 11.1. The largest absolute Gasteiger partial charge is 0.460 e. The van der Waals surface area contributed by atoms with Gasteiger partial charge in [0, 0.05) is 19.4 Å². The van der Waals surface area contributed by atoms with Crippen molar-refractivity contribution in [2.75, 3.05) is 13.2 Å². The van der Waals surface area contributed by atoms with Crippen LogP contribution in [0.15, 0.2) is 23.8 Å². The highest BCUT2D eigenvalue weighted by Crippen LogP contribution is 2.48. The van der Waals surface area contributed by atoms with Crippen molar-refractivity contribution >= 4 is 11.8 Å². The maximum atomic E-state index is 11.4. The second-order valence-corrected chi connectivity index (χ2v) is 13.7. The zero-order valence-corrected chi connectivity index (χ0v) is 25.0. The molecule has 4 unspecified atom stereocenters. The molecule has 3 saturated carbocycles. The number of ether oxygens (including phenoxy) is 1. The topological polar surface area (TPSA) is 63.6 Å².